The number of carbonyl (C=O) groups is 1. The fraction of sp³-hybridized carbons (Fsp3) is 0.143. The molecule has 5 nitrogen and oxygen atoms in total. The molecule has 0 aliphatic heterocycles. The summed E-state index contributed by atoms with van der Waals surface area (Å²) in [6.07, 6.45) is 3.01. The molecule has 0 radical (unpaired) electrons. The number of carbonyl (C=O) groups excluding carboxylic acids is 1. The topological polar surface area (TPSA) is 64.4 Å². The van der Waals surface area contributed by atoms with Crippen LogP contribution in [0.2, 0.25) is 10.3 Å². The van der Waals surface area contributed by atoms with Gasteiger partial charge in [0, 0.05) is 0 Å². The highest BCUT2D eigenvalue weighted by atomic mass is 35.5. The van der Waals surface area contributed by atoms with Crippen molar-refractivity contribution in [3.8, 4) is 0 Å². The highest BCUT2D eigenvalue weighted by Gasteiger charge is 2.10. The molecule has 8 heteroatoms. The van der Waals surface area contributed by atoms with E-state index < -0.39 is 5.97 Å². The molecule has 0 fully saturated rings. The monoisotopic (exact) mass is 355 g/mol. The predicted molar refractivity (Wildman–Crippen MR) is 88.0 cm³/mol. The van der Waals surface area contributed by atoms with Gasteiger partial charge in [-0.25, -0.2) is 14.8 Å². The zero-order chi connectivity index (χ0) is 16.1. The number of aromatic nitrogens is 2. The normalized spacial score (nSPS) is 10.9. The summed E-state index contributed by atoms with van der Waals surface area (Å²) in [5.41, 5.74) is 1.73. The van der Waals surface area contributed by atoms with E-state index >= 15 is 0 Å². The summed E-state index contributed by atoms with van der Waals surface area (Å²) >= 11 is 13.3. The van der Waals surface area contributed by atoms with Crippen molar-refractivity contribution in [1.82, 2.24) is 9.97 Å². The molecule has 1 aromatic carbocycles. The molecule has 0 aliphatic rings. The molecule has 114 valence electrons. The third kappa shape index (κ3) is 4.19. The molecule has 0 unspecified atom stereocenters. The first kappa shape index (κ1) is 16.7. The van der Waals surface area contributed by atoms with Gasteiger partial charge < -0.3 is 4.84 Å². The van der Waals surface area contributed by atoms with Gasteiger partial charge >= 0.3 is 5.97 Å². The van der Waals surface area contributed by atoms with Gasteiger partial charge in [0.25, 0.3) is 0 Å². The Bertz CT molecular complexity index is 698. The van der Waals surface area contributed by atoms with Crippen molar-refractivity contribution < 1.29 is 9.63 Å². The molecule has 1 aromatic heterocycles. The number of aryl methyl sites for hydroxylation is 1. The molecule has 0 saturated carbocycles. The van der Waals surface area contributed by atoms with Gasteiger partial charge in [0.2, 0.25) is 0 Å². The Morgan fingerprint density at radius 3 is 2.36 bits per heavy atom. The average molecular weight is 356 g/mol. The maximum atomic E-state index is 11.8. The van der Waals surface area contributed by atoms with E-state index in [0.29, 0.717) is 10.7 Å². The van der Waals surface area contributed by atoms with Crippen molar-refractivity contribution in [2.75, 3.05) is 6.26 Å². The summed E-state index contributed by atoms with van der Waals surface area (Å²) in [4.78, 5) is 24.6. The highest BCUT2D eigenvalue weighted by molar-refractivity contribution is 7.98. The number of rotatable bonds is 4. The van der Waals surface area contributed by atoms with Crippen molar-refractivity contribution in [2.45, 2.75) is 12.1 Å². The van der Waals surface area contributed by atoms with Gasteiger partial charge in [-0.2, -0.15) is 0 Å². The first-order chi connectivity index (χ1) is 10.5. The van der Waals surface area contributed by atoms with Crippen LogP contribution in [0.1, 0.15) is 21.5 Å². The summed E-state index contributed by atoms with van der Waals surface area (Å²) in [6.45, 7) is 1.93. The molecule has 0 spiro atoms. The second-order valence-electron chi connectivity index (χ2n) is 4.18. The van der Waals surface area contributed by atoms with E-state index in [2.05, 4.69) is 15.1 Å². The second kappa shape index (κ2) is 7.58. The summed E-state index contributed by atoms with van der Waals surface area (Å²) in [5.74, 6) is -0.579. The van der Waals surface area contributed by atoms with Crippen molar-refractivity contribution >= 4 is 47.1 Å². The molecule has 0 saturated heterocycles. The van der Waals surface area contributed by atoms with Crippen molar-refractivity contribution in [3.63, 3.8) is 0 Å². The van der Waals surface area contributed by atoms with Crippen LogP contribution in [0.15, 0.2) is 34.6 Å². The van der Waals surface area contributed by atoms with Gasteiger partial charge in [0.05, 0.1) is 17.3 Å². The van der Waals surface area contributed by atoms with Crippen LogP contribution in [0.5, 0.6) is 0 Å². The largest absolute Gasteiger partial charge is 0.365 e. The quantitative estimate of drug-likeness (QED) is 0.207. The van der Waals surface area contributed by atoms with Crippen LogP contribution in [-0.4, -0.2) is 28.4 Å². The van der Waals surface area contributed by atoms with E-state index in [0.717, 1.165) is 5.56 Å². The Morgan fingerprint density at radius 1 is 1.23 bits per heavy atom. The van der Waals surface area contributed by atoms with Gasteiger partial charge in [-0.05, 0) is 25.3 Å². The highest BCUT2D eigenvalue weighted by Crippen LogP contribution is 2.22. The molecule has 1 heterocycles. The van der Waals surface area contributed by atoms with E-state index in [9.17, 15) is 4.79 Å². The molecule has 0 N–H and O–H groups in total. The molecule has 0 bridgehead atoms. The van der Waals surface area contributed by atoms with Gasteiger partial charge in [-0.3, -0.25) is 0 Å². The standard InChI is InChI=1S/C14H11Cl2N3O2S/c1-8-3-5-9(6-4-8)13(20)21-17-7-10-11(15)18-14(22-2)19-12(10)16/h3-7H,1-2H3. The molecule has 0 atom stereocenters. The van der Waals surface area contributed by atoms with Crippen LogP contribution in [0.3, 0.4) is 0 Å². The molecule has 2 rings (SSSR count). The van der Waals surface area contributed by atoms with E-state index in [1.54, 1.807) is 18.4 Å². The number of hydrogen-bond acceptors (Lipinski definition) is 6. The Labute approximate surface area is 141 Å². The number of halogens is 2. The third-order valence-electron chi connectivity index (χ3n) is 2.62. The minimum absolute atomic E-state index is 0.138. The number of hydrogen-bond donors (Lipinski definition) is 0. The smallest absolute Gasteiger partial charge is 0.313 e. The van der Waals surface area contributed by atoms with Crippen LogP contribution in [0.4, 0.5) is 0 Å². The Kier molecular flexibility index (Phi) is 5.76. The lowest BCUT2D eigenvalue weighted by atomic mass is 10.2. The maximum Gasteiger partial charge on any atom is 0.365 e. The maximum absolute atomic E-state index is 11.8. The number of benzene rings is 1. The first-order valence-electron chi connectivity index (χ1n) is 6.09. The van der Waals surface area contributed by atoms with Gasteiger partial charge in [-0.15, -0.1) is 0 Å². The van der Waals surface area contributed by atoms with Crippen LogP contribution < -0.4 is 0 Å². The van der Waals surface area contributed by atoms with Gasteiger partial charge in [0.1, 0.15) is 10.3 Å². The second-order valence-corrected chi connectivity index (χ2v) is 5.67. The van der Waals surface area contributed by atoms with Crippen LogP contribution in [0, 0.1) is 6.92 Å². The van der Waals surface area contributed by atoms with Crippen LogP contribution in [0.25, 0.3) is 0 Å². The minimum atomic E-state index is -0.579. The van der Waals surface area contributed by atoms with Crippen molar-refractivity contribution in [2.24, 2.45) is 5.16 Å². The number of nitrogens with zero attached hydrogens (tertiary/aromatic N) is 3. The fourth-order valence-corrected chi connectivity index (χ4v) is 2.42. The molecular formula is C14H11Cl2N3O2S. The first-order valence-corrected chi connectivity index (χ1v) is 8.07. The van der Waals surface area contributed by atoms with Gasteiger partial charge in [-0.1, -0.05) is 57.8 Å². The fourth-order valence-electron chi connectivity index (χ4n) is 1.47. The molecule has 22 heavy (non-hydrogen) atoms. The summed E-state index contributed by atoms with van der Waals surface area (Å²) in [7, 11) is 0. The zero-order valence-electron chi connectivity index (χ0n) is 11.7. The van der Waals surface area contributed by atoms with E-state index in [-0.39, 0.29) is 15.9 Å². The molecule has 0 aliphatic carbocycles. The number of thioether (sulfide) groups is 1. The van der Waals surface area contributed by atoms with Gasteiger partial charge in [0.15, 0.2) is 5.16 Å². The minimum Gasteiger partial charge on any atom is -0.313 e. The molecule has 0 amide bonds. The molecular weight excluding hydrogens is 345 g/mol. The Morgan fingerprint density at radius 2 is 1.82 bits per heavy atom. The van der Waals surface area contributed by atoms with Crippen LogP contribution >= 0.6 is 35.0 Å². The average Bonchev–Trinajstić information content (AvgIpc) is 2.50. The SMILES string of the molecule is CSc1nc(Cl)c(C=NOC(=O)c2ccc(C)cc2)c(Cl)n1. The summed E-state index contributed by atoms with van der Waals surface area (Å²) in [5, 5.41) is 4.31. The number of oxime groups is 1. The van der Waals surface area contributed by atoms with Crippen LogP contribution in [-0.2, 0) is 4.84 Å². The lowest BCUT2D eigenvalue weighted by Crippen LogP contribution is -2.02. The lowest BCUT2D eigenvalue weighted by Gasteiger charge is -2.02. The zero-order valence-corrected chi connectivity index (χ0v) is 14.0. The van der Waals surface area contributed by atoms with E-state index in [1.807, 2.05) is 19.1 Å². The summed E-state index contributed by atoms with van der Waals surface area (Å²) < 4.78 is 0. The predicted octanol–water partition coefficient (Wildman–Crippen LogP) is 4.00. The lowest BCUT2D eigenvalue weighted by molar-refractivity contribution is 0.0519. The van der Waals surface area contributed by atoms with E-state index in [1.165, 1.54) is 18.0 Å². The Hall–Kier alpha value is -1.63. The molecule has 2 aromatic rings. The van der Waals surface area contributed by atoms with Crippen molar-refractivity contribution in [1.29, 1.82) is 0 Å². The van der Waals surface area contributed by atoms with Crippen molar-refractivity contribution in [3.05, 3.63) is 51.3 Å². The van der Waals surface area contributed by atoms with E-state index in [4.69, 9.17) is 28.0 Å². The Balaban J connectivity index is 2.09. The third-order valence-corrected chi connectivity index (χ3v) is 3.74. The summed E-state index contributed by atoms with van der Waals surface area (Å²) in [6, 6.07) is 6.93.